The number of hydrogen-bond donors (Lipinski definition) is 1. The number of aliphatic carboxylic acids is 1. The number of nitrogens with zero attached hydrogens (tertiary/aromatic N) is 1. The highest BCUT2D eigenvalue weighted by atomic mass is 32.2. The van der Waals surface area contributed by atoms with Crippen LogP contribution >= 0.6 is 0 Å². The smallest absolute Gasteiger partial charge is 0.323 e. The highest BCUT2D eigenvalue weighted by molar-refractivity contribution is 7.90. The SMILES string of the molecule is CC1CC(C)C(C)N(S(=O)(=O)C(C)C(=O)O)C1. The molecule has 1 fully saturated rings. The number of carbonyl (C=O) groups is 1. The maximum atomic E-state index is 12.2. The summed E-state index contributed by atoms with van der Waals surface area (Å²) in [6.07, 6.45) is 0.981. The highest BCUT2D eigenvalue weighted by Crippen LogP contribution is 2.30. The molecule has 1 aliphatic heterocycles. The summed E-state index contributed by atoms with van der Waals surface area (Å²) in [6.45, 7) is 7.51. The predicted molar refractivity (Wildman–Crippen MR) is 65.1 cm³/mol. The van der Waals surface area contributed by atoms with Crippen LogP contribution < -0.4 is 0 Å². The zero-order valence-electron chi connectivity index (χ0n) is 10.8. The maximum Gasteiger partial charge on any atom is 0.323 e. The van der Waals surface area contributed by atoms with Crippen molar-refractivity contribution in [2.45, 2.75) is 45.4 Å². The van der Waals surface area contributed by atoms with Crippen LogP contribution in [-0.2, 0) is 14.8 Å². The first-order chi connectivity index (χ1) is 7.67. The lowest BCUT2D eigenvalue weighted by atomic mass is 9.88. The van der Waals surface area contributed by atoms with Gasteiger partial charge in [-0.1, -0.05) is 13.8 Å². The summed E-state index contributed by atoms with van der Waals surface area (Å²) >= 11 is 0. The number of carboxylic acids is 1. The molecule has 1 N–H and O–H groups in total. The molecule has 0 radical (unpaired) electrons. The van der Waals surface area contributed by atoms with Crippen LogP contribution in [0.3, 0.4) is 0 Å². The number of rotatable bonds is 3. The van der Waals surface area contributed by atoms with Crippen molar-refractivity contribution in [1.29, 1.82) is 0 Å². The van der Waals surface area contributed by atoms with Gasteiger partial charge in [-0.25, -0.2) is 8.42 Å². The molecular formula is C11H21NO4S. The third-order valence-electron chi connectivity index (χ3n) is 3.66. The third kappa shape index (κ3) is 2.80. The van der Waals surface area contributed by atoms with Crippen molar-refractivity contribution < 1.29 is 18.3 Å². The Morgan fingerprint density at radius 2 is 1.88 bits per heavy atom. The Balaban J connectivity index is 3.01. The van der Waals surface area contributed by atoms with Crippen LogP contribution in [0.1, 0.15) is 34.1 Å². The molecule has 4 unspecified atom stereocenters. The number of hydrogen-bond acceptors (Lipinski definition) is 3. The Labute approximate surface area is 103 Å². The van der Waals surface area contributed by atoms with E-state index in [-0.39, 0.29) is 17.9 Å². The Hall–Kier alpha value is -0.620. The quantitative estimate of drug-likeness (QED) is 0.829. The first-order valence-corrected chi connectivity index (χ1v) is 7.41. The van der Waals surface area contributed by atoms with Crippen LogP contribution in [0.15, 0.2) is 0 Å². The van der Waals surface area contributed by atoms with E-state index in [1.165, 1.54) is 11.2 Å². The minimum atomic E-state index is -3.74. The first kappa shape index (κ1) is 14.4. The molecule has 1 rings (SSSR count). The topological polar surface area (TPSA) is 74.7 Å². The van der Waals surface area contributed by atoms with Gasteiger partial charge >= 0.3 is 5.97 Å². The normalized spacial score (nSPS) is 33.3. The molecule has 0 saturated carbocycles. The van der Waals surface area contributed by atoms with Gasteiger partial charge in [0.15, 0.2) is 5.25 Å². The van der Waals surface area contributed by atoms with Crippen molar-refractivity contribution in [3.63, 3.8) is 0 Å². The van der Waals surface area contributed by atoms with Gasteiger partial charge in [-0.05, 0) is 32.1 Å². The van der Waals surface area contributed by atoms with Crippen LogP contribution in [0.4, 0.5) is 0 Å². The second-order valence-corrected chi connectivity index (χ2v) is 7.36. The fourth-order valence-electron chi connectivity index (χ4n) is 2.33. The molecule has 17 heavy (non-hydrogen) atoms. The van der Waals surface area contributed by atoms with Gasteiger partial charge < -0.3 is 5.11 Å². The largest absolute Gasteiger partial charge is 0.480 e. The zero-order valence-corrected chi connectivity index (χ0v) is 11.6. The van der Waals surface area contributed by atoms with Gasteiger partial charge in [0.2, 0.25) is 10.0 Å². The van der Waals surface area contributed by atoms with Crippen LogP contribution in [0, 0.1) is 11.8 Å². The van der Waals surface area contributed by atoms with Gasteiger partial charge in [-0.15, -0.1) is 0 Å². The summed E-state index contributed by atoms with van der Waals surface area (Å²) in [5.74, 6) is -0.755. The van der Waals surface area contributed by atoms with E-state index in [0.29, 0.717) is 6.54 Å². The van der Waals surface area contributed by atoms with Crippen LogP contribution in [0.2, 0.25) is 0 Å². The van der Waals surface area contributed by atoms with Gasteiger partial charge in [0.05, 0.1) is 0 Å². The molecule has 0 bridgehead atoms. The van der Waals surface area contributed by atoms with Crippen molar-refractivity contribution in [1.82, 2.24) is 4.31 Å². The van der Waals surface area contributed by atoms with E-state index in [9.17, 15) is 13.2 Å². The Morgan fingerprint density at radius 1 is 1.35 bits per heavy atom. The van der Waals surface area contributed by atoms with Gasteiger partial charge in [-0.2, -0.15) is 4.31 Å². The molecule has 6 heteroatoms. The number of sulfonamides is 1. The highest BCUT2D eigenvalue weighted by Gasteiger charge is 2.41. The van der Waals surface area contributed by atoms with E-state index >= 15 is 0 Å². The predicted octanol–water partition coefficient (Wildman–Crippen LogP) is 1.16. The molecule has 0 aromatic heterocycles. The van der Waals surface area contributed by atoms with Crippen molar-refractivity contribution >= 4 is 16.0 Å². The molecular weight excluding hydrogens is 242 g/mol. The van der Waals surface area contributed by atoms with Crippen LogP contribution in [0.25, 0.3) is 0 Å². The zero-order chi connectivity index (χ0) is 13.4. The molecule has 0 spiro atoms. The molecule has 1 heterocycles. The maximum absolute atomic E-state index is 12.2. The van der Waals surface area contributed by atoms with Crippen molar-refractivity contribution in [2.75, 3.05) is 6.54 Å². The van der Waals surface area contributed by atoms with Crippen molar-refractivity contribution in [3.05, 3.63) is 0 Å². The average Bonchev–Trinajstić information content (AvgIpc) is 2.21. The third-order valence-corrected chi connectivity index (χ3v) is 5.90. The summed E-state index contributed by atoms with van der Waals surface area (Å²) in [6, 6.07) is -0.127. The Morgan fingerprint density at radius 3 is 2.35 bits per heavy atom. The van der Waals surface area contributed by atoms with E-state index < -0.39 is 21.2 Å². The number of carboxylic acid groups (broad SMARTS) is 1. The molecule has 1 saturated heterocycles. The standard InChI is InChI=1S/C11H21NO4S/c1-7-5-8(2)9(3)12(6-7)17(15,16)10(4)11(13)14/h7-10H,5-6H2,1-4H3,(H,13,14). The molecule has 0 aliphatic carbocycles. The molecule has 0 aromatic carbocycles. The summed E-state index contributed by atoms with van der Waals surface area (Å²) in [5.41, 5.74) is 0. The van der Waals surface area contributed by atoms with Crippen molar-refractivity contribution in [3.8, 4) is 0 Å². The van der Waals surface area contributed by atoms with Gasteiger partial charge in [0.25, 0.3) is 0 Å². The molecule has 100 valence electrons. The molecule has 4 atom stereocenters. The molecule has 5 nitrogen and oxygen atoms in total. The minimum absolute atomic E-state index is 0.127. The van der Waals surface area contributed by atoms with E-state index in [2.05, 4.69) is 0 Å². The summed E-state index contributed by atoms with van der Waals surface area (Å²) in [7, 11) is -3.74. The lowest BCUT2D eigenvalue weighted by Crippen LogP contribution is -2.52. The van der Waals surface area contributed by atoms with E-state index in [0.717, 1.165) is 6.42 Å². The van der Waals surface area contributed by atoms with E-state index in [1.54, 1.807) is 0 Å². The van der Waals surface area contributed by atoms with Gasteiger partial charge in [-0.3, -0.25) is 4.79 Å². The first-order valence-electron chi connectivity index (χ1n) is 5.91. The minimum Gasteiger partial charge on any atom is -0.480 e. The molecule has 0 amide bonds. The Kier molecular flexibility index (Phi) is 4.19. The summed E-state index contributed by atoms with van der Waals surface area (Å²) in [4.78, 5) is 10.9. The average molecular weight is 263 g/mol. The lowest BCUT2D eigenvalue weighted by Gasteiger charge is -2.40. The second-order valence-electron chi connectivity index (χ2n) is 5.15. The fraction of sp³-hybridized carbons (Fsp3) is 0.909. The monoisotopic (exact) mass is 263 g/mol. The van der Waals surface area contributed by atoms with E-state index in [1.807, 2.05) is 20.8 Å². The van der Waals surface area contributed by atoms with Crippen LogP contribution in [-0.4, -0.2) is 41.6 Å². The number of piperidine rings is 1. The van der Waals surface area contributed by atoms with E-state index in [4.69, 9.17) is 5.11 Å². The summed E-state index contributed by atoms with van der Waals surface area (Å²) in [5, 5.41) is 7.49. The Bertz CT molecular complexity index is 392. The van der Waals surface area contributed by atoms with Crippen LogP contribution in [0.5, 0.6) is 0 Å². The van der Waals surface area contributed by atoms with Crippen molar-refractivity contribution in [2.24, 2.45) is 11.8 Å². The molecule has 1 aliphatic rings. The van der Waals surface area contributed by atoms with Gasteiger partial charge in [0.1, 0.15) is 0 Å². The second kappa shape index (κ2) is 4.94. The fourth-order valence-corrected chi connectivity index (χ4v) is 4.12. The lowest BCUT2D eigenvalue weighted by molar-refractivity contribution is -0.136. The molecule has 0 aromatic rings. The van der Waals surface area contributed by atoms with Gasteiger partial charge in [0, 0.05) is 12.6 Å². The summed E-state index contributed by atoms with van der Waals surface area (Å²) < 4.78 is 25.7.